The fraction of sp³-hybridized carbons (Fsp3) is 0.619. The highest BCUT2D eigenvalue weighted by Gasteiger charge is 2.58. The minimum absolute atomic E-state index is 0.0319. The topological polar surface area (TPSA) is 40.5 Å². The molecule has 1 aromatic carbocycles. The van der Waals surface area contributed by atoms with Crippen LogP contribution in [-0.4, -0.2) is 16.3 Å². The van der Waals surface area contributed by atoms with E-state index in [4.69, 9.17) is 0 Å². The number of hydrogen-bond acceptors (Lipinski definition) is 2. The van der Waals surface area contributed by atoms with Crippen LogP contribution in [0.2, 0.25) is 0 Å². The molecule has 0 aromatic heterocycles. The Kier molecular flexibility index (Phi) is 3.46. The Labute approximate surface area is 138 Å². The van der Waals surface area contributed by atoms with Gasteiger partial charge in [0.1, 0.15) is 5.75 Å². The van der Waals surface area contributed by atoms with E-state index in [9.17, 15) is 10.2 Å². The second kappa shape index (κ2) is 5.28. The van der Waals surface area contributed by atoms with Crippen LogP contribution < -0.4 is 0 Å². The normalized spacial score (nSPS) is 41.3. The van der Waals surface area contributed by atoms with Gasteiger partial charge in [-0.1, -0.05) is 18.9 Å². The average Bonchev–Trinajstić information content (AvgIpc) is 2.78. The van der Waals surface area contributed by atoms with Gasteiger partial charge < -0.3 is 10.2 Å². The van der Waals surface area contributed by atoms with Crippen LogP contribution in [0.3, 0.4) is 0 Å². The highest BCUT2D eigenvalue weighted by molar-refractivity contribution is 5.40. The average molecular weight is 310 g/mol. The molecule has 0 amide bonds. The SMILES string of the molecule is CC#CC1CC(O)[C@@]2(C)CC[C@@H]3c4ccc(O)cc4CC[C@H]3[C@H]12. The van der Waals surface area contributed by atoms with Crippen LogP contribution in [-0.2, 0) is 6.42 Å². The lowest BCUT2D eigenvalue weighted by Gasteiger charge is -2.50. The predicted octanol–water partition coefficient (Wildman–Crippen LogP) is 3.86. The molecule has 1 aromatic rings. The molecule has 0 spiro atoms. The Morgan fingerprint density at radius 3 is 2.87 bits per heavy atom. The number of benzene rings is 1. The van der Waals surface area contributed by atoms with E-state index in [0.29, 0.717) is 29.4 Å². The molecule has 2 nitrogen and oxygen atoms in total. The number of aromatic hydroxyl groups is 1. The van der Waals surface area contributed by atoms with Crippen molar-refractivity contribution in [1.29, 1.82) is 0 Å². The largest absolute Gasteiger partial charge is 0.508 e. The monoisotopic (exact) mass is 310 g/mol. The van der Waals surface area contributed by atoms with Crippen LogP contribution in [0.1, 0.15) is 56.6 Å². The van der Waals surface area contributed by atoms with E-state index >= 15 is 0 Å². The molecule has 0 heterocycles. The van der Waals surface area contributed by atoms with Crippen molar-refractivity contribution in [3.8, 4) is 17.6 Å². The number of phenols is 1. The number of rotatable bonds is 0. The van der Waals surface area contributed by atoms with E-state index in [2.05, 4.69) is 24.8 Å². The summed E-state index contributed by atoms with van der Waals surface area (Å²) in [5.74, 6) is 8.94. The molecule has 0 saturated heterocycles. The Morgan fingerprint density at radius 1 is 1.26 bits per heavy atom. The lowest BCUT2D eigenvalue weighted by molar-refractivity contribution is -0.0264. The number of fused-ring (bicyclic) bond motifs is 5. The molecule has 4 rings (SSSR count). The summed E-state index contributed by atoms with van der Waals surface area (Å²) in [5, 5.41) is 20.5. The third-order valence-corrected chi connectivity index (χ3v) is 7.01. The van der Waals surface area contributed by atoms with Gasteiger partial charge in [-0.25, -0.2) is 0 Å². The third-order valence-electron chi connectivity index (χ3n) is 7.01. The first kappa shape index (κ1) is 15.1. The van der Waals surface area contributed by atoms with E-state index in [-0.39, 0.29) is 11.5 Å². The van der Waals surface area contributed by atoms with E-state index in [0.717, 1.165) is 32.1 Å². The van der Waals surface area contributed by atoms with Gasteiger partial charge in [0.2, 0.25) is 0 Å². The second-order valence-electron chi connectivity index (χ2n) is 8.01. The zero-order valence-electron chi connectivity index (χ0n) is 14.0. The van der Waals surface area contributed by atoms with Gasteiger partial charge in [-0.15, -0.1) is 5.92 Å². The van der Waals surface area contributed by atoms with Gasteiger partial charge in [0.15, 0.2) is 0 Å². The maximum atomic E-state index is 10.7. The summed E-state index contributed by atoms with van der Waals surface area (Å²) in [6, 6.07) is 5.92. The summed E-state index contributed by atoms with van der Waals surface area (Å²) in [7, 11) is 0. The fourth-order valence-corrected chi connectivity index (χ4v) is 5.98. The van der Waals surface area contributed by atoms with Crippen molar-refractivity contribution in [2.24, 2.45) is 23.2 Å². The van der Waals surface area contributed by atoms with Gasteiger partial charge in [0.05, 0.1) is 6.10 Å². The summed E-state index contributed by atoms with van der Waals surface area (Å²) in [4.78, 5) is 0. The standard InChI is InChI=1S/C21H26O2/c1-3-4-14-12-19(23)21(2)10-9-17-16-8-6-15(22)11-13(16)5-7-18(17)20(14)21/h6,8,11,14,17-20,22-23H,5,7,9-10,12H2,1-2H3/t14?,17-,18-,19?,20+,21-/m1/s1. The first-order valence-corrected chi connectivity index (χ1v) is 8.96. The van der Waals surface area contributed by atoms with Gasteiger partial charge in [-0.3, -0.25) is 0 Å². The van der Waals surface area contributed by atoms with Crippen molar-refractivity contribution in [2.45, 2.75) is 58.0 Å². The van der Waals surface area contributed by atoms with Crippen LogP contribution in [0.5, 0.6) is 5.75 Å². The van der Waals surface area contributed by atoms with Crippen molar-refractivity contribution >= 4 is 0 Å². The Hall–Kier alpha value is -1.46. The van der Waals surface area contributed by atoms with Gasteiger partial charge in [0, 0.05) is 5.92 Å². The molecule has 3 aliphatic carbocycles. The summed E-state index contributed by atoms with van der Waals surface area (Å²) < 4.78 is 0. The zero-order valence-corrected chi connectivity index (χ0v) is 14.0. The van der Waals surface area contributed by atoms with Crippen LogP contribution >= 0.6 is 0 Å². The first-order chi connectivity index (χ1) is 11.0. The van der Waals surface area contributed by atoms with Gasteiger partial charge in [-0.05, 0) is 85.5 Å². The van der Waals surface area contributed by atoms with Crippen LogP contribution in [0.25, 0.3) is 0 Å². The zero-order chi connectivity index (χ0) is 16.2. The van der Waals surface area contributed by atoms with E-state index in [1.807, 2.05) is 19.1 Å². The third kappa shape index (κ3) is 2.13. The smallest absolute Gasteiger partial charge is 0.115 e. The van der Waals surface area contributed by atoms with Gasteiger partial charge >= 0.3 is 0 Å². The molecule has 2 heteroatoms. The van der Waals surface area contributed by atoms with Crippen molar-refractivity contribution in [1.82, 2.24) is 0 Å². The summed E-state index contributed by atoms with van der Waals surface area (Å²) in [6.45, 7) is 4.21. The van der Waals surface area contributed by atoms with Crippen molar-refractivity contribution < 1.29 is 10.2 Å². The van der Waals surface area contributed by atoms with Crippen molar-refractivity contribution in [3.05, 3.63) is 29.3 Å². The minimum Gasteiger partial charge on any atom is -0.508 e. The minimum atomic E-state index is -0.208. The maximum Gasteiger partial charge on any atom is 0.115 e. The van der Waals surface area contributed by atoms with E-state index < -0.39 is 0 Å². The molecule has 3 aliphatic rings. The maximum absolute atomic E-state index is 10.7. The molecule has 0 aliphatic heterocycles. The van der Waals surface area contributed by atoms with Crippen LogP contribution in [0, 0.1) is 35.0 Å². The van der Waals surface area contributed by atoms with Crippen molar-refractivity contribution in [3.63, 3.8) is 0 Å². The molecule has 2 unspecified atom stereocenters. The molecule has 6 atom stereocenters. The molecule has 122 valence electrons. The number of aryl methyl sites for hydroxylation is 1. The van der Waals surface area contributed by atoms with Crippen LogP contribution in [0.15, 0.2) is 18.2 Å². The molecule has 23 heavy (non-hydrogen) atoms. The summed E-state index contributed by atoms with van der Waals surface area (Å²) in [6.07, 6.45) is 5.07. The second-order valence-corrected chi connectivity index (χ2v) is 8.01. The lowest BCUT2D eigenvalue weighted by atomic mass is 9.54. The predicted molar refractivity (Wildman–Crippen MR) is 91.1 cm³/mol. The molecule has 0 bridgehead atoms. The summed E-state index contributed by atoms with van der Waals surface area (Å²) in [5.41, 5.74) is 2.79. The van der Waals surface area contributed by atoms with Gasteiger partial charge in [-0.2, -0.15) is 0 Å². The molecule has 0 radical (unpaired) electrons. The molecule has 2 fully saturated rings. The van der Waals surface area contributed by atoms with E-state index in [1.54, 1.807) is 0 Å². The lowest BCUT2D eigenvalue weighted by Crippen LogP contribution is -2.45. The quantitative estimate of drug-likeness (QED) is 0.714. The van der Waals surface area contributed by atoms with E-state index in [1.165, 1.54) is 11.1 Å². The first-order valence-electron chi connectivity index (χ1n) is 8.96. The Morgan fingerprint density at radius 2 is 2.09 bits per heavy atom. The number of aliphatic hydroxyl groups is 1. The highest BCUT2D eigenvalue weighted by atomic mass is 16.3. The molecule has 2 saturated carbocycles. The number of phenolic OH excluding ortho intramolecular Hbond substituents is 1. The van der Waals surface area contributed by atoms with Gasteiger partial charge in [0.25, 0.3) is 0 Å². The highest BCUT2D eigenvalue weighted by Crippen LogP contribution is 2.62. The van der Waals surface area contributed by atoms with Crippen molar-refractivity contribution in [2.75, 3.05) is 0 Å². The number of aliphatic hydroxyl groups excluding tert-OH is 1. The Bertz CT molecular complexity index is 683. The Balaban J connectivity index is 1.74. The number of hydrogen-bond donors (Lipinski definition) is 2. The molecular weight excluding hydrogens is 284 g/mol. The summed E-state index contributed by atoms with van der Waals surface area (Å²) >= 11 is 0. The molecular formula is C21H26O2. The van der Waals surface area contributed by atoms with Crippen LogP contribution in [0.4, 0.5) is 0 Å². The molecule has 2 N–H and O–H groups in total. The fourth-order valence-electron chi connectivity index (χ4n) is 5.98.